The molecule has 2 aliphatic rings. The monoisotopic (exact) mass is 232 g/mol. The van der Waals surface area contributed by atoms with Crippen LogP contribution in [-0.2, 0) is 6.54 Å². The van der Waals surface area contributed by atoms with Crippen LogP contribution < -0.4 is 5.73 Å². The first kappa shape index (κ1) is 11.1. The van der Waals surface area contributed by atoms with Gasteiger partial charge in [-0.15, -0.1) is 0 Å². The molecule has 3 N–H and O–H groups in total. The van der Waals surface area contributed by atoms with Crippen LogP contribution >= 0.6 is 0 Å². The molecule has 3 rings (SSSR count). The van der Waals surface area contributed by atoms with E-state index in [1.54, 1.807) is 0 Å². The molecule has 2 unspecified atom stereocenters. The van der Waals surface area contributed by atoms with Gasteiger partial charge < -0.3 is 10.8 Å². The molecule has 2 fully saturated rings. The van der Waals surface area contributed by atoms with Crippen molar-refractivity contribution in [2.24, 2.45) is 0 Å². The third-order valence-electron chi connectivity index (χ3n) is 4.20. The molecule has 0 spiro atoms. The molecule has 17 heavy (non-hydrogen) atoms. The predicted octanol–water partition coefficient (Wildman–Crippen LogP) is 1.76. The second-order valence-electron chi connectivity index (χ2n) is 5.42. The fraction of sp³-hybridized carbons (Fsp3) is 0.571. The van der Waals surface area contributed by atoms with Crippen molar-refractivity contribution in [3.63, 3.8) is 0 Å². The number of aliphatic hydroxyl groups excluding tert-OH is 1. The van der Waals surface area contributed by atoms with Crippen molar-refractivity contribution < 1.29 is 5.11 Å². The van der Waals surface area contributed by atoms with Crippen LogP contribution in [0.4, 0.5) is 5.69 Å². The van der Waals surface area contributed by atoms with Crippen molar-refractivity contribution >= 4 is 5.69 Å². The largest absolute Gasteiger partial charge is 0.399 e. The Labute approximate surface area is 102 Å². The number of nitrogens with zero attached hydrogens (tertiary/aromatic N) is 1. The van der Waals surface area contributed by atoms with Crippen molar-refractivity contribution in [1.82, 2.24) is 4.90 Å². The Bertz CT molecular complexity index is 376. The molecule has 1 aromatic carbocycles. The Balaban J connectivity index is 1.72. The number of benzene rings is 1. The van der Waals surface area contributed by atoms with Crippen molar-refractivity contribution in [2.75, 3.05) is 5.73 Å². The minimum atomic E-state index is -0.0739. The van der Waals surface area contributed by atoms with Gasteiger partial charge in [0, 0.05) is 24.3 Å². The number of aliphatic hydroxyl groups is 1. The van der Waals surface area contributed by atoms with Crippen LogP contribution in [0.25, 0.3) is 0 Å². The Morgan fingerprint density at radius 2 is 1.71 bits per heavy atom. The highest BCUT2D eigenvalue weighted by Crippen LogP contribution is 2.36. The van der Waals surface area contributed by atoms with Gasteiger partial charge in [-0.05, 0) is 43.4 Å². The van der Waals surface area contributed by atoms with Gasteiger partial charge in [0.2, 0.25) is 0 Å². The average molecular weight is 232 g/mol. The van der Waals surface area contributed by atoms with E-state index in [9.17, 15) is 5.11 Å². The lowest BCUT2D eigenvalue weighted by atomic mass is 9.99. The second kappa shape index (κ2) is 4.31. The number of hydrogen-bond acceptors (Lipinski definition) is 3. The summed E-state index contributed by atoms with van der Waals surface area (Å²) in [6.07, 6.45) is 4.32. The van der Waals surface area contributed by atoms with Gasteiger partial charge in [0.15, 0.2) is 0 Å². The van der Waals surface area contributed by atoms with E-state index in [0.717, 1.165) is 25.1 Å². The highest BCUT2D eigenvalue weighted by molar-refractivity contribution is 5.39. The lowest BCUT2D eigenvalue weighted by molar-refractivity contribution is 0.0310. The number of hydrogen-bond donors (Lipinski definition) is 2. The first-order valence-electron chi connectivity index (χ1n) is 6.50. The van der Waals surface area contributed by atoms with Gasteiger partial charge in [-0.1, -0.05) is 12.1 Å². The molecule has 2 aliphatic heterocycles. The molecule has 2 saturated heterocycles. The van der Waals surface area contributed by atoms with Gasteiger partial charge in [-0.25, -0.2) is 0 Å². The molecule has 0 aliphatic carbocycles. The van der Waals surface area contributed by atoms with Crippen molar-refractivity contribution in [3.8, 4) is 0 Å². The zero-order valence-corrected chi connectivity index (χ0v) is 10.0. The SMILES string of the molecule is Nc1ccc(CN2C3CCC2CC(O)C3)cc1. The lowest BCUT2D eigenvalue weighted by Gasteiger charge is -2.37. The molecule has 2 heterocycles. The zero-order chi connectivity index (χ0) is 11.8. The maximum Gasteiger partial charge on any atom is 0.0570 e. The number of nitrogens with two attached hydrogens (primary N) is 1. The zero-order valence-electron chi connectivity index (χ0n) is 10.0. The van der Waals surface area contributed by atoms with Crippen LogP contribution in [0.5, 0.6) is 0 Å². The molecule has 0 amide bonds. The van der Waals surface area contributed by atoms with Gasteiger partial charge in [-0.3, -0.25) is 4.90 Å². The Morgan fingerprint density at radius 3 is 2.29 bits per heavy atom. The van der Waals surface area contributed by atoms with Crippen LogP contribution in [-0.4, -0.2) is 28.2 Å². The molecule has 3 heteroatoms. The summed E-state index contributed by atoms with van der Waals surface area (Å²) in [7, 11) is 0. The maximum atomic E-state index is 9.77. The molecule has 2 atom stereocenters. The Kier molecular flexibility index (Phi) is 2.81. The fourth-order valence-electron chi connectivity index (χ4n) is 3.34. The summed E-state index contributed by atoms with van der Waals surface area (Å²) >= 11 is 0. The van der Waals surface area contributed by atoms with E-state index in [2.05, 4.69) is 17.0 Å². The number of fused-ring (bicyclic) bond motifs is 2. The summed E-state index contributed by atoms with van der Waals surface area (Å²) < 4.78 is 0. The van der Waals surface area contributed by atoms with E-state index in [0.29, 0.717) is 12.1 Å². The van der Waals surface area contributed by atoms with Gasteiger partial charge in [0.25, 0.3) is 0 Å². The number of rotatable bonds is 2. The molecule has 0 saturated carbocycles. The Hall–Kier alpha value is -1.06. The first-order valence-corrected chi connectivity index (χ1v) is 6.50. The fourth-order valence-corrected chi connectivity index (χ4v) is 3.34. The summed E-state index contributed by atoms with van der Waals surface area (Å²) in [6.45, 7) is 1.00. The van der Waals surface area contributed by atoms with Gasteiger partial charge in [-0.2, -0.15) is 0 Å². The van der Waals surface area contributed by atoms with Crippen LogP contribution in [0, 0.1) is 0 Å². The van der Waals surface area contributed by atoms with Crippen molar-refractivity contribution in [1.29, 1.82) is 0 Å². The molecule has 92 valence electrons. The normalized spacial score (nSPS) is 32.9. The average Bonchev–Trinajstić information content (AvgIpc) is 2.56. The summed E-state index contributed by atoms with van der Waals surface area (Å²) in [6, 6.07) is 9.33. The predicted molar refractivity (Wildman–Crippen MR) is 68.4 cm³/mol. The topological polar surface area (TPSA) is 49.5 Å². The maximum absolute atomic E-state index is 9.77. The van der Waals surface area contributed by atoms with Crippen molar-refractivity contribution in [2.45, 2.75) is 50.4 Å². The number of piperidine rings is 1. The van der Waals surface area contributed by atoms with Crippen LogP contribution in [0.3, 0.4) is 0 Å². The summed E-state index contributed by atoms with van der Waals surface area (Å²) in [5.74, 6) is 0. The van der Waals surface area contributed by atoms with Crippen LogP contribution in [0.1, 0.15) is 31.2 Å². The van der Waals surface area contributed by atoms with E-state index >= 15 is 0 Å². The molecular weight excluding hydrogens is 212 g/mol. The third kappa shape index (κ3) is 2.17. The highest BCUT2D eigenvalue weighted by atomic mass is 16.3. The summed E-state index contributed by atoms with van der Waals surface area (Å²) in [5, 5.41) is 9.77. The molecule has 0 aromatic heterocycles. The summed E-state index contributed by atoms with van der Waals surface area (Å²) in [4.78, 5) is 2.57. The van der Waals surface area contributed by atoms with Crippen LogP contribution in [0.2, 0.25) is 0 Å². The first-order chi connectivity index (χ1) is 8.22. The van der Waals surface area contributed by atoms with Crippen LogP contribution in [0.15, 0.2) is 24.3 Å². The van der Waals surface area contributed by atoms with E-state index in [4.69, 9.17) is 5.73 Å². The number of nitrogen functional groups attached to an aromatic ring is 1. The lowest BCUT2D eigenvalue weighted by Crippen LogP contribution is -2.44. The molecule has 2 bridgehead atoms. The highest BCUT2D eigenvalue weighted by Gasteiger charge is 2.39. The quantitative estimate of drug-likeness (QED) is 0.764. The standard InChI is InChI=1S/C14H20N2O/c15-11-3-1-10(2-4-11)9-16-12-5-6-13(16)8-14(17)7-12/h1-4,12-14,17H,5-9,15H2. The minimum absolute atomic E-state index is 0.0739. The smallest absolute Gasteiger partial charge is 0.0570 e. The van der Waals surface area contributed by atoms with E-state index in [1.165, 1.54) is 18.4 Å². The molecule has 1 aromatic rings. The summed E-state index contributed by atoms with van der Waals surface area (Å²) in [5.41, 5.74) is 7.85. The molecule has 3 nitrogen and oxygen atoms in total. The third-order valence-corrected chi connectivity index (χ3v) is 4.20. The van der Waals surface area contributed by atoms with Gasteiger partial charge >= 0.3 is 0 Å². The van der Waals surface area contributed by atoms with Crippen molar-refractivity contribution in [3.05, 3.63) is 29.8 Å². The van der Waals surface area contributed by atoms with E-state index < -0.39 is 0 Å². The van der Waals surface area contributed by atoms with Gasteiger partial charge in [0.1, 0.15) is 0 Å². The van der Waals surface area contributed by atoms with E-state index in [-0.39, 0.29) is 6.10 Å². The minimum Gasteiger partial charge on any atom is -0.399 e. The number of anilines is 1. The second-order valence-corrected chi connectivity index (χ2v) is 5.42. The van der Waals surface area contributed by atoms with Gasteiger partial charge in [0.05, 0.1) is 6.10 Å². The Morgan fingerprint density at radius 1 is 1.12 bits per heavy atom. The molecular formula is C14H20N2O. The van der Waals surface area contributed by atoms with E-state index in [1.807, 2.05) is 12.1 Å². The molecule has 0 radical (unpaired) electrons.